The lowest BCUT2D eigenvalue weighted by molar-refractivity contribution is -0.181. The van der Waals surface area contributed by atoms with Crippen molar-refractivity contribution >= 4 is 29.2 Å². The Hall–Kier alpha value is -3.51. The van der Waals surface area contributed by atoms with Crippen molar-refractivity contribution in [3.05, 3.63) is 71.0 Å². The Kier molecular flexibility index (Phi) is 10.3. The van der Waals surface area contributed by atoms with E-state index in [1.54, 1.807) is 35.0 Å². The van der Waals surface area contributed by atoms with E-state index in [9.17, 15) is 24.9 Å². The molecule has 290 valence electrons. The number of hydrogen-bond donors (Lipinski definition) is 3. The molecule has 2 heterocycles. The number of fused-ring (bicyclic) bond motifs is 5. The molecule has 1 aliphatic heterocycles. The van der Waals surface area contributed by atoms with Crippen LogP contribution in [0, 0.1) is 46.8 Å². The van der Waals surface area contributed by atoms with Crippen LogP contribution in [0.15, 0.2) is 54.7 Å². The summed E-state index contributed by atoms with van der Waals surface area (Å²) in [5, 5.41) is 42.6. The number of ether oxygens (including phenoxy) is 2. The summed E-state index contributed by atoms with van der Waals surface area (Å²) in [6.45, 7) is 4.49. The molecular weight excluding hydrogens is 708 g/mol. The second kappa shape index (κ2) is 14.9. The van der Waals surface area contributed by atoms with Gasteiger partial charge in [-0.2, -0.15) is 0 Å². The van der Waals surface area contributed by atoms with E-state index in [-0.39, 0.29) is 78.0 Å². The molecule has 5 aliphatic rings. The lowest BCUT2D eigenvalue weighted by Crippen LogP contribution is -2.59. The van der Waals surface area contributed by atoms with E-state index in [1.165, 1.54) is 0 Å². The SMILES string of the molecule is COc1ccc(N2C(=O)[C@H](n3cc(COC(=O)CC[C@@H](C)[C@H]4CC[C@@H]5[C@@H]4[C@@H](O)C[C@H]4[C@H]5[C@H](O)C[C@@H]5C[C@H](O)CC[C@@]54C)nn3)[C@@H]2c2ccc(Cl)cc2)cc1. The lowest BCUT2D eigenvalue weighted by Gasteiger charge is -2.61. The predicted molar refractivity (Wildman–Crippen MR) is 201 cm³/mol. The first kappa shape index (κ1) is 37.4. The third kappa shape index (κ3) is 6.62. The van der Waals surface area contributed by atoms with Gasteiger partial charge in [-0.15, -0.1) is 5.10 Å². The Bertz CT molecular complexity index is 1820. The number of anilines is 1. The van der Waals surface area contributed by atoms with Gasteiger partial charge in [-0.25, -0.2) is 4.68 Å². The van der Waals surface area contributed by atoms with Crippen molar-refractivity contribution in [3.8, 4) is 5.75 Å². The van der Waals surface area contributed by atoms with Crippen LogP contribution < -0.4 is 9.64 Å². The maximum atomic E-state index is 13.6. The van der Waals surface area contributed by atoms with Crippen molar-refractivity contribution in [2.45, 2.75) is 109 Å². The van der Waals surface area contributed by atoms with Crippen molar-refractivity contribution in [1.29, 1.82) is 0 Å². The van der Waals surface area contributed by atoms with Crippen LogP contribution in [-0.2, 0) is 20.9 Å². The molecule has 1 amide bonds. The minimum atomic E-state index is -0.638. The number of carbonyl (C=O) groups is 2. The predicted octanol–water partition coefficient (Wildman–Crippen LogP) is 6.30. The molecule has 4 aliphatic carbocycles. The maximum Gasteiger partial charge on any atom is 0.306 e. The Morgan fingerprint density at radius 2 is 1.72 bits per heavy atom. The minimum Gasteiger partial charge on any atom is -0.497 e. The van der Waals surface area contributed by atoms with Crippen molar-refractivity contribution in [2.75, 3.05) is 12.0 Å². The zero-order valence-corrected chi connectivity index (χ0v) is 32.1. The fourth-order valence-corrected chi connectivity index (χ4v) is 11.8. The van der Waals surface area contributed by atoms with Crippen molar-refractivity contribution in [3.63, 3.8) is 0 Å². The molecule has 12 heteroatoms. The number of halogens is 1. The molecule has 4 saturated carbocycles. The number of esters is 1. The van der Waals surface area contributed by atoms with Crippen LogP contribution in [0.3, 0.4) is 0 Å². The van der Waals surface area contributed by atoms with Crippen LogP contribution in [0.2, 0.25) is 5.02 Å². The first-order valence-electron chi connectivity index (χ1n) is 19.8. The van der Waals surface area contributed by atoms with Crippen LogP contribution >= 0.6 is 11.6 Å². The van der Waals surface area contributed by atoms with E-state index in [4.69, 9.17) is 21.1 Å². The monoisotopic (exact) mass is 760 g/mol. The van der Waals surface area contributed by atoms with Gasteiger partial charge in [0.25, 0.3) is 5.91 Å². The van der Waals surface area contributed by atoms with Crippen LogP contribution in [0.25, 0.3) is 0 Å². The summed E-state index contributed by atoms with van der Waals surface area (Å²) in [6.07, 6.45) is 7.46. The second-order valence-electron chi connectivity index (χ2n) is 17.1. The van der Waals surface area contributed by atoms with Gasteiger partial charge in [-0.05, 0) is 140 Å². The molecule has 8 rings (SSSR count). The Morgan fingerprint density at radius 1 is 0.981 bits per heavy atom. The number of β-lactam (4-membered cyclic amide) rings is 1. The number of aromatic nitrogens is 3. The molecular formula is C42H53ClN4O7. The van der Waals surface area contributed by atoms with E-state index < -0.39 is 18.2 Å². The van der Waals surface area contributed by atoms with Crippen molar-refractivity contribution in [1.82, 2.24) is 15.0 Å². The Balaban J connectivity index is 0.870. The molecule has 13 atom stereocenters. The van der Waals surface area contributed by atoms with Gasteiger partial charge in [-0.3, -0.25) is 9.59 Å². The van der Waals surface area contributed by atoms with Crippen LogP contribution in [0.4, 0.5) is 5.69 Å². The zero-order valence-electron chi connectivity index (χ0n) is 31.3. The number of amides is 1. The third-order valence-electron chi connectivity index (χ3n) is 14.4. The van der Waals surface area contributed by atoms with Gasteiger partial charge in [0.1, 0.15) is 18.1 Å². The van der Waals surface area contributed by atoms with E-state index in [0.29, 0.717) is 35.2 Å². The molecule has 1 aromatic heterocycles. The van der Waals surface area contributed by atoms with E-state index >= 15 is 0 Å². The normalized spacial score (nSPS) is 36.4. The molecule has 2 aromatic carbocycles. The van der Waals surface area contributed by atoms with Crippen LogP contribution in [0.1, 0.15) is 95.0 Å². The third-order valence-corrected chi connectivity index (χ3v) is 14.7. The quantitative estimate of drug-likeness (QED) is 0.160. The van der Waals surface area contributed by atoms with Gasteiger partial charge in [-0.1, -0.05) is 42.8 Å². The molecule has 3 N–H and O–H groups in total. The second-order valence-corrected chi connectivity index (χ2v) is 17.6. The fraction of sp³-hybridized carbons (Fsp3) is 0.619. The molecule has 3 aromatic rings. The number of rotatable bonds is 10. The van der Waals surface area contributed by atoms with Gasteiger partial charge < -0.3 is 29.7 Å². The summed E-state index contributed by atoms with van der Waals surface area (Å²) in [5.41, 5.74) is 2.14. The highest BCUT2D eigenvalue weighted by Gasteiger charge is 2.61. The van der Waals surface area contributed by atoms with Gasteiger partial charge in [0.2, 0.25) is 0 Å². The smallest absolute Gasteiger partial charge is 0.306 e. The number of nitrogens with zero attached hydrogens (tertiary/aromatic N) is 4. The Morgan fingerprint density at radius 3 is 2.46 bits per heavy atom. The van der Waals surface area contributed by atoms with Crippen LogP contribution in [0.5, 0.6) is 5.75 Å². The Labute approximate surface area is 322 Å². The zero-order chi connectivity index (χ0) is 37.9. The molecule has 0 unspecified atom stereocenters. The lowest BCUT2D eigenvalue weighted by atomic mass is 9.45. The van der Waals surface area contributed by atoms with Crippen LogP contribution in [-0.4, -0.2) is 67.6 Å². The summed E-state index contributed by atoms with van der Waals surface area (Å²) in [7, 11) is 1.60. The molecule has 1 saturated heterocycles. The van der Waals surface area contributed by atoms with E-state index in [0.717, 1.165) is 49.8 Å². The van der Waals surface area contributed by atoms with Gasteiger partial charge in [0.15, 0.2) is 6.04 Å². The first-order valence-corrected chi connectivity index (χ1v) is 20.2. The molecule has 54 heavy (non-hydrogen) atoms. The number of aliphatic hydroxyl groups excluding tert-OH is 3. The largest absolute Gasteiger partial charge is 0.497 e. The van der Waals surface area contributed by atoms with Gasteiger partial charge >= 0.3 is 5.97 Å². The molecule has 5 fully saturated rings. The average Bonchev–Trinajstić information content (AvgIpc) is 3.82. The summed E-state index contributed by atoms with van der Waals surface area (Å²) in [4.78, 5) is 28.4. The topological polar surface area (TPSA) is 147 Å². The number of aliphatic hydroxyl groups is 3. The summed E-state index contributed by atoms with van der Waals surface area (Å²) < 4.78 is 12.5. The highest BCUT2D eigenvalue weighted by Crippen LogP contribution is 2.64. The van der Waals surface area contributed by atoms with Gasteiger partial charge in [0.05, 0.1) is 37.7 Å². The number of hydrogen-bond acceptors (Lipinski definition) is 9. The minimum absolute atomic E-state index is 0.0491. The van der Waals surface area contributed by atoms with Gasteiger partial charge in [0, 0.05) is 17.1 Å². The van der Waals surface area contributed by atoms with Crippen molar-refractivity contribution < 1.29 is 34.4 Å². The highest BCUT2D eigenvalue weighted by molar-refractivity contribution is 6.30. The summed E-state index contributed by atoms with van der Waals surface area (Å²) in [5.74, 6) is 1.92. The molecule has 11 nitrogen and oxygen atoms in total. The highest BCUT2D eigenvalue weighted by atomic mass is 35.5. The maximum absolute atomic E-state index is 13.6. The molecule has 0 spiro atoms. The number of carbonyl (C=O) groups excluding carboxylic acids is 2. The molecule has 0 radical (unpaired) electrons. The molecule has 0 bridgehead atoms. The standard InChI is InChI=1S/C42H53ClN4O7/c1-23(31-13-14-32-37(31)35(50)20-33-38(32)34(49)19-25-18-29(48)16-17-42(25,33)2)4-15-36(51)54-22-27-21-46(45-44-27)40-39(24-5-7-26(43)8-6-24)47(41(40)52)28-9-11-30(53-3)12-10-28/h5-12,21,23,25,29,31-35,37-40,48-50H,4,13-20,22H2,1-3H3/t23-,25+,29-,31-,32-,33+,34-,35+,37-,38+,39+,40-,42+/m1/s1. The van der Waals surface area contributed by atoms with E-state index in [1.807, 2.05) is 36.4 Å². The van der Waals surface area contributed by atoms with Crippen molar-refractivity contribution in [2.24, 2.45) is 46.8 Å². The first-order chi connectivity index (χ1) is 26.0. The summed E-state index contributed by atoms with van der Waals surface area (Å²) in [6, 6.07) is 13.7. The fourth-order valence-electron chi connectivity index (χ4n) is 11.7. The average molecular weight is 761 g/mol. The number of benzene rings is 2. The summed E-state index contributed by atoms with van der Waals surface area (Å²) >= 11 is 6.18. The number of methoxy groups -OCH3 is 1. The van der Waals surface area contributed by atoms with E-state index in [2.05, 4.69) is 24.2 Å².